The van der Waals surface area contributed by atoms with E-state index in [0.29, 0.717) is 17.3 Å². The number of hydrogen-bond donors (Lipinski definition) is 0. The van der Waals surface area contributed by atoms with Crippen LogP contribution in [0, 0.1) is 39.4 Å². The first-order chi connectivity index (χ1) is 11.0. The largest absolute Gasteiger partial charge is 0.469 e. The zero-order valence-corrected chi connectivity index (χ0v) is 16.3. The monoisotopic (exact) mass is 334 g/mol. The molecular formula is C21H34O3. The number of carbonyl (C=O) groups excluding carboxylic acids is 2. The highest BCUT2D eigenvalue weighted by Crippen LogP contribution is 2.72. The van der Waals surface area contributed by atoms with Crippen molar-refractivity contribution in [2.24, 2.45) is 39.4 Å². The minimum atomic E-state index is -0.591. The Bertz CT molecular complexity index is 553. The van der Waals surface area contributed by atoms with Gasteiger partial charge in [0.1, 0.15) is 6.29 Å². The van der Waals surface area contributed by atoms with E-state index in [4.69, 9.17) is 4.74 Å². The van der Waals surface area contributed by atoms with Crippen LogP contribution >= 0.6 is 0 Å². The summed E-state index contributed by atoms with van der Waals surface area (Å²) in [5.41, 5.74) is -0.134. The highest BCUT2D eigenvalue weighted by Gasteiger charge is 2.69. The van der Waals surface area contributed by atoms with Gasteiger partial charge in [0, 0.05) is 5.41 Å². The molecule has 0 N–H and O–H groups in total. The minimum Gasteiger partial charge on any atom is -0.469 e. The highest BCUT2D eigenvalue weighted by molar-refractivity contribution is 5.80. The standard InChI is InChI=1S/C21H34O3/c1-18(2)9-7-10-20(4)14(18)8-11-21(5)15(20)12-19(3,13-22)16(21)17(23)24-6/h13-16H,7-12H2,1-6H3/t14?,15?,16-,19-,20+,21-/m1/s1. The number of ether oxygens (including phenoxy) is 1. The molecule has 0 spiro atoms. The second-order valence-electron chi connectivity index (χ2n) is 10.3. The molecule has 6 atom stereocenters. The number of esters is 1. The summed E-state index contributed by atoms with van der Waals surface area (Å²) in [6.45, 7) is 11.5. The van der Waals surface area contributed by atoms with Crippen molar-refractivity contribution in [3.63, 3.8) is 0 Å². The minimum absolute atomic E-state index is 0.124. The van der Waals surface area contributed by atoms with Gasteiger partial charge in [-0.25, -0.2) is 0 Å². The van der Waals surface area contributed by atoms with Gasteiger partial charge >= 0.3 is 5.97 Å². The van der Waals surface area contributed by atoms with E-state index in [9.17, 15) is 9.59 Å². The van der Waals surface area contributed by atoms with Gasteiger partial charge in [-0.15, -0.1) is 0 Å². The van der Waals surface area contributed by atoms with E-state index in [1.807, 2.05) is 6.92 Å². The van der Waals surface area contributed by atoms with E-state index in [2.05, 4.69) is 27.7 Å². The molecule has 3 fully saturated rings. The molecule has 3 saturated carbocycles. The Balaban J connectivity index is 2.09. The predicted molar refractivity (Wildman–Crippen MR) is 94.4 cm³/mol. The lowest BCUT2D eigenvalue weighted by molar-refractivity contribution is -0.163. The third-order valence-corrected chi connectivity index (χ3v) is 8.51. The molecule has 3 nitrogen and oxygen atoms in total. The molecule has 3 heteroatoms. The van der Waals surface area contributed by atoms with Gasteiger partial charge in [-0.05, 0) is 60.2 Å². The molecule has 3 aliphatic carbocycles. The zero-order chi connectivity index (χ0) is 18.0. The maximum absolute atomic E-state index is 12.7. The summed E-state index contributed by atoms with van der Waals surface area (Å²) in [7, 11) is 1.46. The first kappa shape index (κ1) is 17.9. The molecule has 2 unspecified atom stereocenters. The SMILES string of the molecule is COC(=O)[C@@H]1[C@@](C)(C=O)CC2[C@@]3(C)CCCC(C)(C)C3CC[C@]21C. The fourth-order valence-corrected chi connectivity index (χ4v) is 7.58. The number of fused-ring (bicyclic) bond motifs is 3. The van der Waals surface area contributed by atoms with Crippen LogP contribution in [0.1, 0.15) is 73.1 Å². The molecule has 0 aliphatic heterocycles. The van der Waals surface area contributed by atoms with Gasteiger partial charge in [0.2, 0.25) is 0 Å². The number of aldehydes is 1. The molecule has 0 bridgehead atoms. The summed E-state index contributed by atoms with van der Waals surface area (Å²) in [5, 5.41) is 0. The van der Waals surface area contributed by atoms with Crippen LogP contribution in [0.4, 0.5) is 0 Å². The maximum atomic E-state index is 12.7. The lowest BCUT2D eigenvalue weighted by Crippen LogP contribution is -2.55. The van der Waals surface area contributed by atoms with E-state index in [1.165, 1.54) is 32.8 Å². The third kappa shape index (κ3) is 2.15. The van der Waals surface area contributed by atoms with Gasteiger partial charge < -0.3 is 9.53 Å². The number of carbonyl (C=O) groups is 2. The zero-order valence-electron chi connectivity index (χ0n) is 16.3. The Morgan fingerprint density at radius 3 is 2.25 bits per heavy atom. The molecule has 0 heterocycles. The first-order valence-electron chi connectivity index (χ1n) is 9.59. The Morgan fingerprint density at radius 2 is 1.67 bits per heavy atom. The summed E-state index contributed by atoms with van der Waals surface area (Å²) in [6, 6.07) is 0. The van der Waals surface area contributed by atoms with Gasteiger partial charge in [-0.3, -0.25) is 4.79 Å². The fraction of sp³-hybridized carbons (Fsp3) is 0.905. The van der Waals surface area contributed by atoms with Crippen molar-refractivity contribution in [2.45, 2.75) is 73.1 Å². The van der Waals surface area contributed by atoms with Crippen LogP contribution in [-0.4, -0.2) is 19.4 Å². The molecule has 0 aromatic rings. The molecular weight excluding hydrogens is 300 g/mol. The normalized spacial score (nSPS) is 49.8. The van der Waals surface area contributed by atoms with E-state index in [-0.39, 0.29) is 22.7 Å². The highest BCUT2D eigenvalue weighted by atomic mass is 16.5. The third-order valence-electron chi connectivity index (χ3n) is 8.51. The molecule has 0 amide bonds. The second kappa shape index (κ2) is 5.32. The summed E-state index contributed by atoms with van der Waals surface area (Å²) < 4.78 is 5.16. The van der Waals surface area contributed by atoms with Gasteiger partial charge in [0.15, 0.2) is 0 Å². The van der Waals surface area contributed by atoms with Crippen LogP contribution in [0.3, 0.4) is 0 Å². The molecule has 24 heavy (non-hydrogen) atoms. The van der Waals surface area contributed by atoms with Crippen LogP contribution in [0.2, 0.25) is 0 Å². The summed E-state index contributed by atoms with van der Waals surface area (Å²) >= 11 is 0. The Labute approximate surface area is 146 Å². The van der Waals surface area contributed by atoms with Crippen molar-refractivity contribution in [3.8, 4) is 0 Å². The van der Waals surface area contributed by atoms with Crippen molar-refractivity contribution in [2.75, 3.05) is 7.11 Å². The molecule has 0 radical (unpaired) electrons. The van der Waals surface area contributed by atoms with Crippen LogP contribution in [0.25, 0.3) is 0 Å². The quantitative estimate of drug-likeness (QED) is 0.546. The predicted octanol–water partition coefficient (Wildman–Crippen LogP) is 4.63. The first-order valence-corrected chi connectivity index (χ1v) is 9.59. The van der Waals surface area contributed by atoms with Gasteiger partial charge in [0.25, 0.3) is 0 Å². The number of hydrogen-bond acceptors (Lipinski definition) is 3. The van der Waals surface area contributed by atoms with Gasteiger partial charge in [-0.1, -0.05) is 41.0 Å². The van der Waals surface area contributed by atoms with Crippen molar-refractivity contribution in [1.82, 2.24) is 0 Å². The van der Waals surface area contributed by atoms with Gasteiger partial charge in [0.05, 0.1) is 13.0 Å². The van der Waals surface area contributed by atoms with Crippen molar-refractivity contribution in [1.29, 1.82) is 0 Å². The van der Waals surface area contributed by atoms with Crippen LogP contribution < -0.4 is 0 Å². The maximum Gasteiger partial charge on any atom is 0.310 e. The van der Waals surface area contributed by atoms with E-state index >= 15 is 0 Å². The lowest BCUT2D eigenvalue weighted by atomic mass is 9.43. The topological polar surface area (TPSA) is 43.4 Å². The molecule has 0 saturated heterocycles. The molecule has 136 valence electrons. The Kier molecular flexibility index (Phi) is 3.98. The smallest absolute Gasteiger partial charge is 0.310 e. The molecule has 0 aromatic carbocycles. The molecule has 3 rings (SSSR count). The Morgan fingerprint density at radius 1 is 1.00 bits per heavy atom. The lowest BCUT2D eigenvalue weighted by Gasteiger charge is -2.61. The average molecular weight is 335 g/mol. The summed E-state index contributed by atoms with van der Waals surface area (Å²) in [5.74, 6) is 0.610. The van der Waals surface area contributed by atoms with Crippen LogP contribution in [0.5, 0.6) is 0 Å². The van der Waals surface area contributed by atoms with E-state index in [0.717, 1.165) is 19.1 Å². The summed E-state index contributed by atoms with van der Waals surface area (Å²) in [6.07, 6.45) is 7.85. The van der Waals surface area contributed by atoms with Gasteiger partial charge in [-0.2, -0.15) is 0 Å². The van der Waals surface area contributed by atoms with Crippen LogP contribution in [-0.2, 0) is 14.3 Å². The van der Waals surface area contributed by atoms with E-state index < -0.39 is 5.41 Å². The summed E-state index contributed by atoms with van der Waals surface area (Å²) in [4.78, 5) is 24.7. The van der Waals surface area contributed by atoms with Crippen molar-refractivity contribution in [3.05, 3.63) is 0 Å². The Hall–Kier alpha value is -0.860. The average Bonchev–Trinajstić information content (AvgIpc) is 2.75. The number of methoxy groups -OCH3 is 1. The number of rotatable bonds is 2. The molecule has 3 aliphatic rings. The van der Waals surface area contributed by atoms with Crippen molar-refractivity contribution < 1.29 is 14.3 Å². The van der Waals surface area contributed by atoms with E-state index in [1.54, 1.807) is 0 Å². The fourth-order valence-electron chi connectivity index (χ4n) is 7.58. The van der Waals surface area contributed by atoms with Crippen molar-refractivity contribution >= 4 is 12.3 Å². The molecule has 0 aromatic heterocycles. The van der Waals surface area contributed by atoms with Crippen LogP contribution in [0.15, 0.2) is 0 Å². The second-order valence-corrected chi connectivity index (χ2v) is 10.3.